The molecule has 4 heteroatoms. The maximum atomic E-state index is 10.8. The van der Waals surface area contributed by atoms with E-state index in [1.54, 1.807) is 6.20 Å². The number of hydrogen-bond donors (Lipinski definition) is 1. The van der Waals surface area contributed by atoms with Crippen LogP contribution in [0.5, 0.6) is 0 Å². The Labute approximate surface area is 69.8 Å². The van der Waals surface area contributed by atoms with Gasteiger partial charge in [-0.2, -0.15) is 0 Å². The van der Waals surface area contributed by atoms with Gasteiger partial charge in [-0.15, -0.1) is 0 Å². The molecule has 1 aliphatic rings. The molecule has 1 aromatic heterocycles. The van der Waals surface area contributed by atoms with Gasteiger partial charge in [0.1, 0.15) is 11.7 Å². The lowest BCUT2D eigenvalue weighted by molar-refractivity contribution is -0.139. The highest BCUT2D eigenvalue weighted by atomic mass is 16.4. The van der Waals surface area contributed by atoms with Gasteiger partial charge >= 0.3 is 5.97 Å². The van der Waals surface area contributed by atoms with Crippen molar-refractivity contribution in [2.75, 3.05) is 0 Å². The number of aliphatic carboxylic acids is 1. The summed E-state index contributed by atoms with van der Waals surface area (Å²) in [5.41, 5.74) is 0. The van der Waals surface area contributed by atoms with Gasteiger partial charge in [0, 0.05) is 18.9 Å². The van der Waals surface area contributed by atoms with E-state index < -0.39 is 11.9 Å². The lowest BCUT2D eigenvalue weighted by Crippen LogP contribution is -2.21. The van der Waals surface area contributed by atoms with Crippen LogP contribution >= 0.6 is 0 Å². The van der Waals surface area contributed by atoms with E-state index in [1.165, 1.54) is 0 Å². The summed E-state index contributed by atoms with van der Waals surface area (Å²) < 4.78 is 1.92. The molecule has 0 aromatic carbocycles. The van der Waals surface area contributed by atoms with E-state index in [4.69, 9.17) is 5.11 Å². The van der Waals surface area contributed by atoms with E-state index in [0.29, 0.717) is 12.2 Å². The molecule has 2 heterocycles. The standard InChI is InChI=1S/C8H10N2O2/c11-8(12)6-2-1-4-10-5-3-9-7(6)10/h3,5-6H,1-2,4H2,(H,11,12)/t6-/m0/s1. The van der Waals surface area contributed by atoms with E-state index in [9.17, 15) is 4.79 Å². The molecule has 4 nitrogen and oxygen atoms in total. The molecule has 0 saturated carbocycles. The number of nitrogens with zero attached hydrogens (tertiary/aromatic N) is 2. The van der Waals surface area contributed by atoms with E-state index >= 15 is 0 Å². The third kappa shape index (κ3) is 0.995. The molecular weight excluding hydrogens is 156 g/mol. The largest absolute Gasteiger partial charge is 0.481 e. The molecule has 0 saturated heterocycles. The highest BCUT2D eigenvalue weighted by Gasteiger charge is 2.27. The molecule has 0 amide bonds. The van der Waals surface area contributed by atoms with Crippen LogP contribution in [0, 0.1) is 0 Å². The van der Waals surface area contributed by atoms with Crippen molar-refractivity contribution < 1.29 is 9.90 Å². The fraction of sp³-hybridized carbons (Fsp3) is 0.500. The number of carbonyl (C=O) groups is 1. The Hall–Kier alpha value is -1.32. The predicted molar refractivity (Wildman–Crippen MR) is 41.8 cm³/mol. The zero-order valence-corrected chi connectivity index (χ0v) is 6.60. The van der Waals surface area contributed by atoms with Crippen LogP contribution in [0.25, 0.3) is 0 Å². The van der Waals surface area contributed by atoms with Crippen molar-refractivity contribution in [3.8, 4) is 0 Å². The zero-order valence-electron chi connectivity index (χ0n) is 6.60. The van der Waals surface area contributed by atoms with Gasteiger partial charge in [-0.25, -0.2) is 4.98 Å². The van der Waals surface area contributed by atoms with Crippen LogP contribution in [0.2, 0.25) is 0 Å². The molecule has 0 bridgehead atoms. The average molecular weight is 166 g/mol. The smallest absolute Gasteiger partial charge is 0.314 e. The second kappa shape index (κ2) is 2.62. The van der Waals surface area contributed by atoms with Crippen molar-refractivity contribution in [3.05, 3.63) is 18.2 Å². The molecule has 2 rings (SSSR count). The quantitative estimate of drug-likeness (QED) is 0.672. The Morgan fingerprint density at radius 3 is 3.33 bits per heavy atom. The fourth-order valence-electron chi connectivity index (χ4n) is 1.65. The fourth-order valence-corrected chi connectivity index (χ4v) is 1.65. The summed E-state index contributed by atoms with van der Waals surface area (Å²) in [6.07, 6.45) is 5.15. The number of aromatic nitrogens is 2. The lowest BCUT2D eigenvalue weighted by Gasteiger charge is -2.19. The first kappa shape index (κ1) is 7.34. The van der Waals surface area contributed by atoms with E-state index in [2.05, 4.69) is 4.98 Å². The summed E-state index contributed by atoms with van der Waals surface area (Å²) in [7, 11) is 0. The number of carboxylic acids is 1. The Balaban J connectivity index is 2.37. The van der Waals surface area contributed by atoms with Gasteiger partial charge in [-0.05, 0) is 12.8 Å². The molecule has 64 valence electrons. The summed E-state index contributed by atoms with van der Waals surface area (Å²) in [6.45, 7) is 0.902. The van der Waals surface area contributed by atoms with Crippen LogP contribution < -0.4 is 0 Å². The third-order valence-corrected chi connectivity index (χ3v) is 2.25. The van der Waals surface area contributed by atoms with Gasteiger partial charge in [-0.3, -0.25) is 4.79 Å². The van der Waals surface area contributed by atoms with Crippen molar-refractivity contribution in [2.45, 2.75) is 25.3 Å². The van der Waals surface area contributed by atoms with Gasteiger partial charge in [0.05, 0.1) is 0 Å². The second-order valence-electron chi connectivity index (χ2n) is 3.01. The Morgan fingerprint density at radius 1 is 1.75 bits per heavy atom. The highest BCUT2D eigenvalue weighted by molar-refractivity contribution is 5.75. The van der Waals surface area contributed by atoms with Crippen LogP contribution in [-0.2, 0) is 11.3 Å². The lowest BCUT2D eigenvalue weighted by atomic mass is 9.99. The number of carboxylic acid groups (broad SMARTS) is 1. The minimum Gasteiger partial charge on any atom is -0.481 e. The topological polar surface area (TPSA) is 55.1 Å². The number of imidazole rings is 1. The zero-order chi connectivity index (χ0) is 8.55. The van der Waals surface area contributed by atoms with Crippen LogP contribution in [0.4, 0.5) is 0 Å². The number of hydrogen-bond acceptors (Lipinski definition) is 2. The Kier molecular flexibility index (Phi) is 1.60. The van der Waals surface area contributed by atoms with Crippen molar-refractivity contribution in [1.29, 1.82) is 0 Å². The van der Waals surface area contributed by atoms with Crippen molar-refractivity contribution in [2.24, 2.45) is 0 Å². The normalized spacial score (nSPS) is 21.8. The van der Waals surface area contributed by atoms with Crippen molar-refractivity contribution in [3.63, 3.8) is 0 Å². The molecule has 0 unspecified atom stereocenters. The predicted octanol–water partition coefficient (Wildman–Crippen LogP) is 0.845. The number of fused-ring (bicyclic) bond motifs is 1. The molecule has 0 spiro atoms. The van der Waals surface area contributed by atoms with Gasteiger partial charge in [0.25, 0.3) is 0 Å². The van der Waals surface area contributed by atoms with Gasteiger partial charge < -0.3 is 9.67 Å². The van der Waals surface area contributed by atoms with Gasteiger partial charge in [0.2, 0.25) is 0 Å². The Morgan fingerprint density at radius 2 is 2.58 bits per heavy atom. The van der Waals surface area contributed by atoms with Crippen molar-refractivity contribution in [1.82, 2.24) is 9.55 Å². The second-order valence-corrected chi connectivity index (χ2v) is 3.01. The first-order chi connectivity index (χ1) is 5.79. The molecule has 0 fully saturated rings. The van der Waals surface area contributed by atoms with Gasteiger partial charge in [-0.1, -0.05) is 0 Å². The summed E-state index contributed by atoms with van der Waals surface area (Å²) in [5.74, 6) is -0.454. The van der Waals surface area contributed by atoms with E-state index in [1.807, 2.05) is 10.8 Å². The minimum atomic E-state index is -0.762. The first-order valence-electron chi connectivity index (χ1n) is 4.03. The molecule has 12 heavy (non-hydrogen) atoms. The summed E-state index contributed by atoms with van der Waals surface area (Å²) >= 11 is 0. The van der Waals surface area contributed by atoms with Crippen molar-refractivity contribution >= 4 is 5.97 Å². The maximum absolute atomic E-state index is 10.8. The summed E-state index contributed by atoms with van der Waals surface area (Å²) in [5, 5.41) is 8.85. The van der Waals surface area contributed by atoms with E-state index in [-0.39, 0.29) is 0 Å². The Bertz CT molecular complexity index is 306. The van der Waals surface area contributed by atoms with Gasteiger partial charge in [0.15, 0.2) is 0 Å². The average Bonchev–Trinajstić information content (AvgIpc) is 2.49. The minimum absolute atomic E-state index is 0.395. The van der Waals surface area contributed by atoms with Crippen LogP contribution in [0.1, 0.15) is 24.6 Å². The van der Waals surface area contributed by atoms with Crippen LogP contribution in [0.3, 0.4) is 0 Å². The summed E-state index contributed by atoms with van der Waals surface area (Å²) in [6, 6.07) is 0. The van der Waals surface area contributed by atoms with Crippen LogP contribution in [0.15, 0.2) is 12.4 Å². The molecule has 1 atom stereocenters. The van der Waals surface area contributed by atoms with E-state index in [0.717, 1.165) is 13.0 Å². The first-order valence-corrected chi connectivity index (χ1v) is 4.03. The maximum Gasteiger partial charge on any atom is 0.314 e. The highest BCUT2D eigenvalue weighted by Crippen LogP contribution is 2.25. The number of rotatable bonds is 1. The summed E-state index contributed by atoms with van der Waals surface area (Å²) in [4.78, 5) is 14.8. The third-order valence-electron chi connectivity index (χ3n) is 2.25. The van der Waals surface area contributed by atoms with Crippen LogP contribution in [-0.4, -0.2) is 20.6 Å². The molecular formula is C8H10N2O2. The molecule has 1 N–H and O–H groups in total. The monoisotopic (exact) mass is 166 g/mol. The molecule has 0 aliphatic carbocycles. The SMILES string of the molecule is O=C(O)[C@H]1CCCn2ccnc21. The number of aryl methyl sites for hydroxylation is 1. The molecule has 1 aromatic rings. The molecule has 1 aliphatic heterocycles. The molecule has 0 radical (unpaired) electrons.